The van der Waals surface area contributed by atoms with Gasteiger partial charge in [-0.3, -0.25) is 9.36 Å². The van der Waals surface area contributed by atoms with E-state index in [1.807, 2.05) is 41.1 Å². The summed E-state index contributed by atoms with van der Waals surface area (Å²) in [4.78, 5) is 13.3. The van der Waals surface area contributed by atoms with E-state index in [0.29, 0.717) is 16.7 Å². The van der Waals surface area contributed by atoms with Crippen molar-refractivity contribution in [2.24, 2.45) is 0 Å². The normalized spacial score (nSPS) is 10.7. The molecule has 0 radical (unpaired) electrons. The smallest absolute Gasteiger partial charge is 0.234 e. The summed E-state index contributed by atoms with van der Waals surface area (Å²) in [7, 11) is 0. The number of halogens is 1. The maximum absolute atomic E-state index is 12.3. The number of anilines is 1. The van der Waals surface area contributed by atoms with Crippen molar-refractivity contribution in [3.8, 4) is 10.7 Å². The number of carbonyl (C=O) groups is 1. The molecular formula is C18H17ClN4OS2. The van der Waals surface area contributed by atoms with E-state index in [1.54, 1.807) is 23.5 Å². The zero-order chi connectivity index (χ0) is 18.5. The molecule has 2 heterocycles. The van der Waals surface area contributed by atoms with Gasteiger partial charge in [0.05, 0.1) is 10.6 Å². The summed E-state index contributed by atoms with van der Waals surface area (Å²) in [6.45, 7) is 6.25. The van der Waals surface area contributed by atoms with Gasteiger partial charge in [0.1, 0.15) is 0 Å². The van der Waals surface area contributed by atoms with Crippen LogP contribution in [-0.4, -0.2) is 26.4 Å². The third-order valence-electron chi connectivity index (χ3n) is 3.64. The maximum Gasteiger partial charge on any atom is 0.234 e. The lowest BCUT2D eigenvalue weighted by Gasteiger charge is -2.10. The van der Waals surface area contributed by atoms with Crippen molar-refractivity contribution < 1.29 is 4.79 Å². The minimum Gasteiger partial charge on any atom is -0.325 e. The van der Waals surface area contributed by atoms with Gasteiger partial charge in [-0.05, 0) is 36.1 Å². The lowest BCUT2D eigenvalue weighted by molar-refractivity contribution is -0.113. The number of thioether (sulfide) groups is 1. The van der Waals surface area contributed by atoms with Gasteiger partial charge in [0.2, 0.25) is 5.91 Å². The highest BCUT2D eigenvalue weighted by Crippen LogP contribution is 2.28. The molecular weight excluding hydrogens is 388 g/mol. The fourth-order valence-corrected chi connectivity index (χ4v) is 3.98. The number of hydrogen-bond acceptors (Lipinski definition) is 5. The number of benzene rings is 1. The van der Waals surface area contributed by atoms with E-state index in [2.05, 4.69) is 22.1 Å². The molecule has 0 unspecified atom stereocenters. The Morgan fingerprint density at radius 3 is 2.96 bits per heavy atom. The number of nitrogens with one attached hydrogen (secondary N) is 1. The van der Waals surface area contributed by atoms with Crippen LogP contribution in [0.15, 0.2) is 53.5 Å². The van der Waals surface area contributed by atoms with Gasteiger partial charge >= 0.3 is 0 Å². The highest BCUT2D eigenvalue weighted by molar-refractivity contribution is 7.99. The first-order valence-corrected chi connectivity index (χ1v) is 10.1. The van der Waals surface area contributed by atoms with Gasteiger partial charge in [-0.1, -0.05) is 41.6 Å². The predicted molar refractivity (Wildman–Crippen MR) is 109 cm³/mol. The summed E-state index contributed by atoms with van der Waals surface area (Å²) < 4.78 is 1.96. The lowest BCUT2D eigenvalue weighted by atomic mass is 10.2. The molecule has 0 aliphatic rings. The van der Waals surface area contributed by atoms with E-state index in [4.69, 9.17) is 11.6 Å². The number of hydrogen-bond donors (Lipinski definition) is 1. The van der Waals surface area contributed by atoms with E-state index in [1.165, 1.54) is 11.8 Å². The molecule has 8 heteroatoms. The number of carbonyl (C=O) groups excluding carboxylic acids is 1. The molecule has 5 nitrogen and oxygen atoms in total. The maximum atomic E-state index is 12.3. The van der Waals surface area contributed by atoms with E-state index >= 15 is 0 Å². The summed E-state index contributed by atoms with van der Waals surface area (Å²) >= 11 is 9.03. The molecule has 0 aliphatic carbocycles. The van der Waals surface area contributed by atoms with E-state index in [0.717, 1.165) is 22.0 Å². The minimum atomic E-state index is -0.119. The quantitative estimate of drug-likeness (QED) is 0.450. The van der Waals surface area contributed by atoms with Gasteiger partial charge in [-0.2, -0.15) is 0 Å². The van der Waals surface area contributed by atoms with Crippen molar-refractivity contribution >= 4 is 46.3 Å². The third-order valence-corrected chi connectivity index (χ3v) is 5.89. The van der Waals surface area contributed by atoms with Crippen LogP contribution < -0.4 is 5.32 Å². The Bertz CT molecular complexity index is 921. The molecule has 2 aromatic heterocycles. The van der Waals surface area contributed by atoms with Gasteiger partial charge in [0, 0.05) is 17.3 Å². The molecule has 0 spiro atoms. The average molecular weight is 405 g/mol. The van der Waals surface area contributed by atoms with Crippen molar-refractivity contribution in [2.75, 3.05) is 11.1 Å². The highest BCUT2D eigenvalue weighted by atomic mass is 35.5. The molecule has 0 saturated carbocycles. The molecule has 0 fully saturated rings. The Labute approximate surface area is 165 Å². The van der Waals surface area contributed by atoms with Crippen LogP contribution in [0.25, 0.3) is 10.7 Å². The van der Waals surface area contributed by atoms with Crippen LogP contribution >= 0.6 is 34.7 Å². The minimum absolute atomic E-state index is 0.119. The second-order valence-corrected chi connectivity index (χ2v) is 7.73. The summed E-state index contributed by atoms with van der Waals surface area (Å²) in [6, 6.07) is 9.41. The molecule has 0 aliphatic heterocycles. The first-order chi connectivity index (χ1) is 12.6. The fraction of sp³-hybridized carbons (Fsp3) is 0.167. The van der Waals surface area contributed by atoms with Gasteiger partial charge in [0.15, 0.2) is 11.0 Å². The van der Waals surface area contributed by atoms with E-state index < -0.39 is 0 Å². The monoisotopic (exact) mass is 404 g/mol. The number of rotatable bonds is 7. The molecule has 1 N–H and O–H groups in total. The summed E-state index contributed by atoms with van der Waals surface area (Å²) in [5.41, 5.74) is 1.57. The van der Waals surface area contributed by atoms with Crippen LogP contribution in [-0.2, 0) is 11.3 Å². The zero-order valence-corrected chi connectivity index (χ0v) is 16.5. The fourth-order valence-electron chi connectivity index (χ4n) is 2.34. The Balaban J connectivity index is 1.70. The topological polar surface area (TPSA) is 59.8 Å². The van der Waals surface area contributed by atoms with E-state index in [-0.39, 0.29) is 11.7 Å². The Hall–Kier alpha value is -2.09. The Morgan fingerprint density at radius 2 is 2.23 bits per heavy atom. The van der Waals surface area contributed by atoms with Crippen molar-refractivity contribution in [2.45, 2.75) is 18.6 Å². The van der Waals surface area contributed by atoms with Crippen molar-refractivity contribution in [1.82, 2.24) is 14.8 Å². The van der Waals surface area contributed by atoms with Crippen LogP contribution in [0.1, 0.15) is 5.56 Å². The number of nitrogens with zero attached hydrogens (tertiary/aromatic N) is 3. The number of thiophene rings is 1. The summed E-state index contributed by atoms with van der Waals surface area (Å²) in [5, 5.41) is 14.7. The molecule has 0 bridgehead atoms. The first kappa shape index (κ1) is 18.7. The van der Waals surface area contributed by atoms with Gasteiger partial charge < -0.3 is 5.32 Å². The number of amides is 1. The highest BCUT2D eigenvalue weighted by Gasteiger charge is 2.16. The second kappa shape index (κ2) is 8.53. The molecule has 26 heavy (non-hydrogen) atoms. The molecule has 3 aromatic rings. The number of aromatic nitrogens is 3. The predicted octanol–water partition coefficient (Wildman–Crippen LogP) is 4.89. The third kappa shape index (κ3) is 4.17. The van der Waals surface area contributed by atoms with Crippen LogP contribution in [0, 0.1) is 6.92 Å². The Kier molecular flexibility index (Phi) is 6.13. The standard InChI is InChI=1S/C18H17ClN4OS2/c1-3-9-23-17(15-8-5-10-25-15)21-22-18(23)26-11-16(24)20-14-7-4-6-13(19)12(14)2/h3-8,10H,1,9,11H2,2H3,(H,20,24). The van der Waals surface area contributed by atoms with Crippen LogP contribution in [0.3, 0.4) is 0 Å². The molecule has 0 saturated heterocycles. The number of allylic oxidation sites excluding steroid dienone is 1. The summed E-state index contributed by atoms with van der Waals surface area (Å²) in [5.74, 6) is 0.894. The van der Waals surface area contributed by atoms with Gasteiger partial charge in [-0.25, -0.2) is 0 Å². The average Bonchev–Trinajstić information content (AvgIpc) is 3.27. The molecule has 0 atom stereocenters. The van der Waals surface area contributed by atoms with Crippen molar-refractivity contribution in [1.29, 1.82) is 0 Å². The molecule has 3 rings (SSSR count). The summed E-state index contributed by atoms with van der Waals surface area (Å²) in [6.07, 6.45) is 1.79. The SMILES string of the molecule is C=CCn1c(SCC(=O)Nc2cccc(Cl)c2C)nnc1-c1cccs1. The van der Waals surface area contributed by atoms with Crippen molar-refractivity contribution in [3.63, 3.8) is 0 Å². The van der Waals surface area contributed by atoms with E-state index in [9.17, 15) is 4.79 Å². The lowest BCUT2D eigenvalue weighted by Crippen LogP contribution is -2.15. The van der Waals surface area contributed by atoms with Crippen LogP contribution in [0.4, 0.5) is 5.69 Å². The van der Waals surface area contributed by atoms with Gasteiger partial charge in [0.25, 0.3) is 0 Å². The van der Waals surface area contributed by atoms with Crippen LogP contribution in [0.2, 0.25) is 5.02 Å². The largest absolute Gasteiger partial charge is 0.325 e. The van der Waals surface area contributed by atoms with Gasteiger partial charge in [-0.15, -0.1) is 28.1 Å². The van der Waals surface area contributed by atoms with Crippen LogP contribution in [0.5, 0.6) is 0 Å². The first-order valence-electron chi connectivity index (χ1n) is 7.86. The van der Waals surface area contributed by atoms with Crippen molar-refractivity contribution in [3.05, 3.63) is 59.0 Å². The second-order valence-electron chi connectivity index (χ2n) is 5.43. The molecule has 134 valence electrons. The molecule has 1 amide bonds. The zero-order valence-electron chi connectivity index (χ0n) is 14.1. The molecule has 1 aromatic carbocycles. The Morgan fingerprint density at radius 1 is 1.38 bits per heavy atom.